The van der Waals surface area contributed by atoms with Gasteiger partial charge in [-0.15, -0.1) is 0 Å². The van der Waals surface area contributed by atoms with E-state index in [1.165, 1.54) is 76.1 Å². The van der Waals surface area contributed by atoms with Crippen LogP contribution in [0.5, 0.6) is 0 Å². The number of rotatable bonds is 3. The van der Waals surface area contributed by atoms with Crippen molar-refractivity contribution < 1.29 is 4.57 Å². The first-order chi connectivity index (χ1) is 14.2. The molecule has 0 atom stereocenters. The van der Waals surface area contributed by atoms with E-state index in [0.29, 0.717) is 0 Å². The molecule has 0 aliphatic heterocycles. The molecule has 3 aromatic rings. The Balaban J connectivity index is 1.96. The van der Waals surface area contributed by atoms with E-state index in [0.717, 1.165) is 5.92 Å². The molecule has 0 unspecified atom stereocenters. The highest BCUT2D eigenvalue weighted by atomic mass is 28.3. The van der Waals surface area contributed by atoms with Gasteiger partial charge in [0.25, 0.3) is 0 Å². The predicted octanol–water partition coefficient (Wildman–Crippen LogP) is 6.85. The summed E-state index contributed by atoms with van der Waals surface area (Å²) in [5, 5.41) is 4.31. The van der Waals surface area contributed by atoms with Gasteiger partial charge in [-0.1, -0.05) is 62.3 Å². The fraction of sp³-hybridized carbons (Fsp3) is 0.464. The number of hydrogen-bond donors (Lipinski definition) is 0. The fourth-order valence-electron chi connectivity index (χ4n) is 5.17. The van der Waals surface area contributed by atoms with Gasteiger partial charge in [0.2, 0.25) is 5.69 Å². The van der Waals surface area contributed by atoms with Crippen molar-refractivity contribution in [3.05, 3.63) is 58.8 Å². The Labute approximate surface area is 184 Å². The third-order valence-corrected chi connectivity index (χ3v) is 9.47. The SMILES string of the molecule is Cc1cc(C2CCCCC2)cc(-c2c3ccc([Si](C)(C)C)cc3cc(C)[n+]2C)c1C. The molecule has 2 heteroatoms. The summed E-state index contributed by atoms with van der Waals surface area (Å²) in [6.45, 7) is 14.2. The molecule has 0 saturated heterocycles. The molecule has 0 bridgehead atoms. The van der Waals surface area contributed by atoms with Gasteiger partial charge in [-0.05, 0) is 66.8 Å². The summed E-state index contributed by atoms with van der Waals surface area (Å²) in [7, 11) is 0.898. The van der Waals surface area contributed by atoms with Crippen molar-refractivity contribution in [3.8, 4) is 11.3 Å². The molecular weight excluding hydrogens is 378 g/mol. The minimum Gasteiger partial charge on any atom is -0.198 e. The highest BCUT2D eigenvalue weighted by Gasteiger charge is 2.25. The van der Waals surface area contributed by atoms with Gasteiger partial charge in [-0.25, -0.2) is 0 Å². The van der Waals surface area contributed by atoms with Crippen LogP contribution in [0.25, 0.3) is 22.0 Å². The maximum atomic E-state index is 2.53. The number of aryl methyl sites for hydroxylation is 2. The van der Waals surface area contributed by atoms with Crippen LogP contribution in [0.1, 0.15) is 60.4 Å². The third-order valence-electron chi connectivity index (χ3n) is 7.42. The minimum absolute atomic E-state index is 0.733. The monoisotopic (exact) mass is 416 g/mol. The van der Waals surface area contributed by atoms with E-state index >= 15 is 0 Å². The number of aromatic nitrogens is 1. The van der Waals surface area contributed by atoms with Gasteiger partial charge in [-0.2, -0.15) is 4.57 Å². The topological polar surface area (TPSA) is 3.88 Å². The molecule has 0 amide bonds. The molecule has 1 nitrogen and oxygen atoms in total. The lowest BCUT2D eigenvalue weighted by Gasteiger charge is -2.24. The Hall–Kier alpha value is -1.93. The Bertz CT molecular complexity index is 1100. The van der Waals surface area contributed by atoms with Gasteiger partial charge >= 0.3 is 0 Å². The second-order valence-electron chi connectivity index (χ2n) is 10.6. The second kappa shape index (κ2) is 7.96. The van der Waals surface area contributed by atoms with Crippen LogP contribution >= 0.6 is 0 Å². The molecule has 1 aliphatic rings. The predicted molar refractivity (Wildman–Crippen MR) is 134 cm³/mol. The number of benzene rings is 2. The maximum Gasteiger partial charge on any atom is 0.220 e. The van der Waals surface area contributed by atoms with Crippen molar-refractivity contribution in [1.82, 2.24) is 0 Å². The number of hydrogen-bond acceptors (Lipinski definition) is 0. The van der Waals surface area contributed by atoms with E-state index in [1.807, 2.05) is 0 Å². The molecule has 1 aliphatic carbocycles. The van der Waals surface area contributed by atoms with E-state index in [1.54, 1.807) is 5.56 Å². The van der Waals surface area contributed by atoms with Gasteiger partial charge in [0, 0.05) is 13.0 Å². The van der Waals surface area contributed by atoms with Crippen molar-refractivity contribution in [2.45, 2.75) is 78.4 Å². The van der Waals surface area contributed by atoms with Gasteiger partial charge in [0.15, 0.2) is 5.69 Å². The summed E-state index contributed by atoms with van der Waals surface area (Å²) in [6, 6.07) is 14.6. The van der Waals surface area contributed by atoms with Crippen molar-refractivity contribution in [3.63, 3.8) is 0 Å². The normalized spacial score (nSPS) is 15.7. The van der Waals surface area contributed by atoms with Crippen LogP contribution < -0.4 is 9.75 Å². The van der Waals surface area contributed by atoms with Crippen LogP contribution in [0.3, 0.4) is 0 Å². The fourth-order valence-corrected chi connectivity index (χ4v) is 6.35. The summed E-state index contributed by atoms with van der Waals surface area (Å²) < 4.78 is 2.41. The molecule has 0 radical (unpaired) electrons. The summed E-state index contributed by atoms with van der Waals surface area (Å²) >= 11 is 0. The first-order valence-corrected chi connectivity index (χ1v) is 15.2. The molecule has 1 saturated carbocycles. The van der Waals surface area contributed by atoms with Gasteiger partial charge in [-0.3, -0.25) is 0 Å². The minimum atomic E-state index is -1.34. The van der Waals surface area contributed by atoms with Crippen molar-refractivity contribution >= 4 is 24.0 Å². The zero-order valence-corrected chi connectivity index (χ0v) is 21.0. The smallest absolute Gasteiger partial charge is 0.198 e. The van der Waals surface area contributed by atoms with Gasteiger partial charge in [0.1, 0.15) is 7.05 Å². The first kappa shape index (κ1) is 21.3. The first-order valence-electron chi connectivity index (χ1n) is 11.7. The quantitative estimate of drug-likeness (QED) is 0.325. The van der Waals surface area contributed by atoms with E-state index in [-0.39, 0.29) is 0 Å². The molecule has 1 fully saturated rings. The summed E-state index contributed by atoms with van der Waals surface area (Å²) in [5.41, 5.74) is 8.54. The second-order valence-corrected chi connectivity index (χ2v) is 15.7. The lowest BCUT2D eigenvalue weighted by Crippen LogP contribution is -2.38. The molecule has 30 heavy (non-hydrogen) atoms. The van der Waals surface area contributed by atoms with Crippen LogP contribution in [0.4, 0.5) is 0 Å². The zero-order valence-electron chi connectivity index (χ0n) is 20.0. The van der Waals surface area contributed by atoms with E-state index < -0.39 is 8.07 Å². The van der Waals surface area contributed by atoms with Crippen LogP contribution in [-0.2, 0) is 7.05 Å². The van der Waals surface area contributed by atoms with Crippen molar-refractivity contribution in [1.29, 1.82) is 0 Å². The average Bonchev–Trinajstić information content (AvgIpc) is 2.71. The molecule has 2 aromatic carbocycles. The van der Waals surface area contributed by atoms with Gasteiger partial charge < -0.3 is 0 Å². The Morgan fingerprint density at radius 3 is 2.23 bits per heavy atom. The standard InChI is InChI=1S/C28H38NSi/c1-19-15-23(22-11-9-8-10-12-22)18-27(21(19)3)28-26-14-13-25(30(5,6)7)17-24(26)16-20(2)29(28)4/h13-18,22H,8-12H2,1-7H3/q+1. The Morgan fingerprint density at radius 1 is 0.867 bits per heavy atom. The van der Waals surface area contributed by atoms with Crippen LogP contribution in [0.15, 0.2) is 36.4 Å². The molecule has 4 rings (SSSR count). The molecule has 0 spiro atoms. The highest BCUT2D eigenvalue weighted by molar-refractivity contribution is 6.88. The lowest BCUT2D eigenvalue weighted by atomic mass is 9.81. The highest BCUT2D eigenvalue weighted by Crippen LogP contribution is 2.37. The lowest BCUT2D eigenvalue weighted by molar-refractivity contribution is -0.665. The van der Waals surface area contributed by atoms with Gasteiger partial charge in [0.05, 0.1) is 19.0 Å². The average molecular weight is 417 g/mol. The number of pyridine rings is 1. The summed E-state index contributed by atoms with van der Waals surface area (Å²) in [5.74, 6) is 0.733. The Morgan fingerprint density at radius 2 is 1.57 bits per heavy atom. The number of fused-ring (bicyclic) bond motifs is 1. The third kappa shape index (κ3) is 3.87. The maximum absolute atomic E-state index is 2.53. The van der Waals surface area contributed by atoms with Crippen LogP contribution in [-0.4, -0.2) is 8.07 Å². The van der Waals surface area contributed by atoms with Crippen molar-refractivity contribution in [2.75, 3.05) is 0 Å². The molecule has 158 valence electrons. The summed E-state index contributed by atoms with van der Waals surface area (Å²) in [6.07, 6.45) is 6.87. The summed E-state index contributed by atoms with van der Waals surface area (Å²) in [4.78, 5) is 0. The Kier molecular flexibility index (Phi) is 5.65. The van der Waals surface area contributed by atoms with Crippen LogP contribution in [0, 0.1) is 20.8 Å². The van der Waals surface area contributed by atoms with Crippen molar-refractivity contribution in [2.24, 2.45) is 7.05 Å². The zero-order chi connectivity index (χ0) is 21.6. The molecule has 0 N–H and O–H groups in total. The van der Waals surface area contributed by atoms with Crippen LogP contribution in [0.2, 0.25) is 19.6 Å². The molecule has 1 heterocycles. The molecular formula is C28H38NSi+. The van der Waals surface area contributed by atoms with E-state index in [2.05, 4.69) is 88.4 Å². The molecule has 1 aromatic heterocycles. The van der Waals surface area contributed by atoms with E-state index in [9.17, 15) is 0 Å². The number of nitrogens with zero attached hydrogens (tertiary/aromatic N) is 1. The largest absolute Gasteiger partial charge is 0.220 e. The van der Waals surface area contributed by atoms with E-state index in [4.69, 9.17) is 0 Å².